The van der Waals surface area contributed by atoms with Crippen LogP contribution in [0.5, 0.6) is 0 Å². The van der Waals surface area contributed by atoms with Crippen molar-refractivity contribution < 1.29 is 14.7 Å². The number of carbonyl (C=O) groups is 2. The molecule has 2 aliphatic heterocycles. The molecule has 158 valence electrons. The maximum atomic E-state index is 12.6. The van der Waals surface area contributed by atoms with Crippen molar-refractivity contribution in [3.05, 3.63) is 23.4 Å². The predicted octanol–water partition coefficient (Wildman–Crippen LogP) is 3.30. The molecule has 6 heteroatoms. The fraction of sp³-hybridized carbons (Fsp3) is 0.696. The van der Waals surface area contributed by atoms with E-state index in [1.54, 1.807) is 0 Å². The lowest BCUT2D eigenvalue weighted by molar-refractivity contribution is -0.145. The zero-order valence-electron chi connectivity index (χ0n) is 17.2. The first-order valence-corrected chi connectivity index (χ1v) is 11.3. The van der Waals surface area contributed by atoms with Crippen molar-refractivity contribution in [2.24, 2.45) is 11.8 Å². The van der Waals surface area contributed by atoms with Crippen LogP contribution in [0.3, 0.4) is 0 Å². The molecular weight excluding hydrogens is 366 g/mol. The normalized spacial score (nSPS) is 21.2. The zero-order valence-corrected chi connectivity index (χ0v) is 17.2. The van der Waals surface area contributed by atoms with Crippen molar-refractivity contribution >= 4 is 17.6 Å². The SMILES string of the molecule is O=C(CCCCc1ccc2c(n1)NCCC2)C1CCN(C(C(=O)O)C2CC2)CC1. The number of carboxylic acid groups (broad SMARTS) is 1. The molecule has 4 rings (SSSR count). The van der Waals surface area contributed by atoms with Gasteiger partial charge in [0, 0.05) is 24.6 Å². The molecule has 0 aromatic carbocycles. The van der Waals surface area contributed by atoms with Gasteiger partial charge in [-0.2, -0.15) is 0 Å². The summed E-state index contributed by atoms with van der Waals surface area (Å²) in [7, 11) is 0. The number of piperidine rings is 1. The van der Waals surface area contributed by atoms with Crippen LogP contribution in [0.25, 0.3) is 0 Å². The molecule has 0 bridgehead atoms. The van der Waals surface area contributed by atoms with E-state index < -0.39 is 5.97 Å². The summed E-state index contributed by atoms with van der Waals surface area (Å²) in [6, 6.07) is 3.99. The molecule has 6 nitrogen and oxygen atoms in total. The van der Waals surface area contributed by atoms with Crippen molar-refractivity contribution in [2.75, 3.05) is 25.0 Å². The Balaban J connectivity index is 1.16. The van der Waals surface area contributed by atoms with Crippen molar-refractivity contribution in [1.29, 1.82) is 0 Å². The number of anilines is 1. The lowest BCUT2D eigenvalue weighted by atomic mass is 9.89. The Labute approximate surface area is 173 Å². The molecule has 3 aliphatic rings. The third kappa shape index (κ3) is 5.16. The minimum atomic E-state index is -0.691. The molecule has 0 amide bonds. The fourth-order valence-electron chi connectivity index (χ4n) is 4.89. The van der Waals surface area contributed by atoms with Gasteiger partial charge in [-0.25, -0.2) is 4.98 Å². The summed E-state index contributed by atoms with van der Waals surface area (Å²) in [5.41, 5.74) is 2.42. The van der Waals surface area contributed by atoms with Crippen LogP contribution in [0.2, 0.25) is 0 Å². The molecule has 1 aliphatic carbocycles. The van der Waals surface area contributed by atoms with E-state index in [-0.39, 0.29) is 12.0 Å². The van der Waals surface area contributed by atoms with Gasteiger partial charge in [0.15, 0.2) is 0 Å². The Morgan fingerprint density at radius 1 is 1.17 bits per heavy atom. The van der Waals surface area contributed by atoms with Crippen LogP contribution in [0.1, 0.15) is 62.6 Å². The minimum absolute atomic E-state index is 0.117. The monoisotopic (exact) mass is 399 g/mol. The third-order valence-electron chi connectivity index (χ3n) is 6.76. The summed E-state index contributed by atoms with van der Waals surface area (Å²) in [6.45, 7) is 2.50. The summed E-state index contributed by atoms with van der Waals surface area (Å²) in [6.07, 6.45) is 9.42. The van der Waals surface area contributed by atoms with Crippen LogP contribution in [0, 0.1) is 11.8 Å². The quantitative estimate of drug-likeness (QED) is 0.620. The number of carboxylic acids is 1. The number of aliphatic carboxylic acids is 1. The minimum Gasteiger partial charge on any atom is -0.480 e. The molecular formula is C23H33N3O3. The molecule has 2 fully saturated rings. The molecule has 3 heterocycles. The number of rotatable bonds is 9. The lowest BCUT2D eigenvalue weighted by Gasteiger charge is -2.35. The Morgan fingerprint density at radius 2 is 1.97 bits per heavy atom. The number of pyridine rings is 1. The number of ketones is 1. The molecule has 1 aromatic rings. The van der Waals surface area contributed by atoms with Crippen LogP contribution in [-0.2, 0) is 22.4 Å². The number of aromatic nitrogens is 1. The summed E-state index contributed by atoms with van der Waals surface area (Å²) in [5, 5.41) is 12.9. The van der Waals surface area contributed by atoms with Gasteiger partial charge in [0.2, 0.25) is 0 Å². The summed E-state index contributed by atoms with van der Waals surface area (Å²) in [4.78, 5) is 31.0. The van der Waals surface area contributed by atoms with Gasteiger partial charge in [-0.1, -0.05) is 6.07 Å². The predicted molar refractivity (Wildman–Crippen MR) is 112 cm³/mol. The first-order chi connectivity index (χ1) is 14.1. The molecule has 1 saturated heterocycles. The molecule has 1 saturated carbocycles. The number of fused-ring (bicyclic) bond motifs is 1. The van der Waals surface area contributed by atoms with Gasteiger partial charge in [-0.05, 0) is 88.4 Å². The van der Waals surface area contributed by atoms with E-state index in [1.807, 2.05) is 0 Å². The van der Waals surface area contributed by atoms with E-state index in [4.69, 9.17) is 4.98 Å². The number of nitrogens with one attached hydrogen (secondary N) is 1. The van der Waals surface area contributed by atoms with Crippen molar-refractivity contribution in [1.82, 2.24) is 9.88 Å². The van der Waals surface area contributed by atoms with E-state index in [0.717, 1.165) is 82.5 Å². The Bertz CT molecular complexity index is 739. The van der Waals surface area contributed by atoms with Gasteiger partial charge in [-0.15, -0.1) is 0 Å². The number of aryl methyl sites for hydroxylation is 2. The van der Waals surface area contributed by atoms with Gasteiger partial charge >= 0.3 is 5.97 Å². The van der Waals surface area contributed by atoms with Crippen LogP contribution in [-0.4, -0.2) is 52.4 Å². The van der Waals surface area contributed by atoms with Gasteiger partial charge in [0.05, 0.1) is 0 Å². The third-order valence-corrected chi connectivity index (χ3v) is 6.76. The highest BCUT2D eigenvalue weighted by Crippen LogP contribution is 2.37. The highest BCUT2D eigenvalue weighted by Gasteiger charge is 2.41. The second kappa shape index (κ2) is 9.24. The maximum Gasteiger partial charge on any atom is 0.321 e. The number of unbranched alkanes of at least 4 members (excludes halogenated alkanes) is 1. The van der Waals surface area contributed by atoms with Gasteiger partial charge in [0.25, 0.3) is 0 Å². The second-order valence-electron chi connectivity index (χ2n) is 8.94. The molecule has 1 aromatic heterocycles. The van der Waals surface area contributed by atoms with Gasteiger partial charge in [-0.3, -0.25) is 14.5 Å². The van der Waals surface area contributed by atoms with Gasteiger partial charge < -0.3 is 10.4 Å². The standard InChI is InChI=1S/C23H33N3O3/c27-20(16-11-14-26(15-12-16)21(23(28)29)17-7-8-17)6-2-1-5-19-10-9-18-4-3-13-24-22(18)25-19/h9-10,16-17,21H,1-8,11-15H2,(H,24,25)(H,28,29). The molecule has 0 radical (unpaired) electrons. The fourth-order valence-corrected chi connectivity index (χ4v) is 4.89. The number of nitrogens with zero attached hydrogens (tertiary/aromatic N) is 2. The van der Waals surface area contributed by atoms with E-state index in [1.165, 1.54) is 12.0 Å². The van der Waals surface area contributed by atoms with Crippen molar-refractivity contribution in [2.45, 2.75) is 70.3 Å². The number of hydrogen-bond donors (Lipinski definition) is 2. The smallest absolute Gasteiger partial charge is 0.321 e. The average molecular weight is 400 g/mol. The van der Waals surface area contributed by atoms with Crippen LogP contribution >= 0.6 is 0 Å². The Hall–Kier alpha value is -1.95. The number of Topliss-reactive ketones (excluding diaryl/α,β-unsaturated/α-hetero) is 1. The first kappa shape index (κ1) is 20.3. The second-order valence-corrected chi connectivity index (χ2v) is 8.94. The summed E-state index contributed by atoms with van der Waals surface area (Å²) in [5.74, 6) is 1.16. The maximum absolute atomic E-state index is 12.6. The molecule has 0 spiro atoms. The first-order valence-electron chi connectivity index (χ1n) is 11.3. The van der Waals surface area contributed by atoms with Crippen LogP contribution < -0.4 is 5.32 Å². The highest BCUT2D eigenvalue weighted by molar-refractivity contribution is 5.81. The van der Waals surface area contributed by atoms with E-state index in [9.17, 15) is 14.7 Å². The van der Waals surface area contributed by atoms with Crippen LogP contribution in [0.15, 0.2) is 12.1 Å². The topological polar surface area (TPSA) is 82.5 Å². The summed E-state index contributed by atoms with van der Waals surface area (Å²) >= 11 is 0. The molecule has 2 N–H and O–H groups in total. The Morgan fingerprint density at radius 3 is 2.69 bits per heavy atom. The lowest BCUT2D eigenvalue weighted by Crippen LogP contribution is -2.47. The zero-order chi connectivity index (χ0) is 20.2. The largest absolute Gasteiger partial charge is 0.480 e. The van der Waals surface area contributed by atoms with Gasteiger partial charge in [0.1, 0.15) is 17.6 Å². The van der Waals surface area contributed by atoms with Crippen LogP contribution in [0.4, 0.5) is 5.82 Å². The van der Waals surface area contributed by atoms with Crippen molar-refractivity contribution in [3.8, 4) is 0 Å². The number of likely N-dealkylation sites (tertiary alicyclic amines) is 1. The number of carbonyl (C=O) groups excluding carboxylic acids is 1. The van der Waals surface area contributed by atoms with E-state index in [2.05, 4.69) is 22.3 Å². The molecule has 1 unspecified atom stereocenters. The molecule has 29 heavy (non-hydrogen) atoms. The molecule has 1 atom stereocenters. The van der Waals surface area contributed by atoms with Crippen molar-refractivity contribution in [3.63, 3.8) is 0 Å². The Kier molecular flexibility index (Phi) is 6.48. The van der Waals surface area contributed by atoms with E-state index >= 15 is 0 Å². The summed E-state index contributed by atoms with van der Waals surface area (Å²) < 4.78 is 0. The van der Waals surface area contributed by atoms with E-state index in [0.29, 0.717) is 18.1 Å². The highest BCUT2D eigenvalue weighted by atomic mass is 16.4. The average Bonchev–Trinajstić information content (AvgIpc) is 3.56. The number of hydrogen-bond acceptors (Lipinski definition) is 5.